The van der Waals surface area contributed by atoms with Gasteiger partial charge in [0, 0.05) is 32.7 Å². The lowest BCUT2D eigenvalue weighted by Crippen LogP contribution is -2.53. The van der Waals surface area contributed by atoms with E-state index in [0.29, 0.717) is 6.54 Å². The quantitative estimate of drug-likeness (QED) is 0.692. The van der Waals surface area contributed by atoms with Crippen LogP contribution in [-0.2, 0) is 4.79 Å². The Morgan fingerprint density at radius 1 is 1.53 bits per heavy atom. The highest BCUT2D eigenvalue weighted by atomic mass is 16.2. The Hall–Kier alpha value is -1.05. The van der Waals surface area contributed by atoms with Crippen molar-refractivity contribution in [1.82, 2.24) is 15.1 Å². The van der Waals surface area contributed by atoms with Crippen LogP contribution in [0.1, 0.15) is 20.3 Å². The molecule has 1 unspecified atom stereocenters. The van der Waals surface area contributed by atoms with Crippen LogP contribution < -0.4 is 5.32 Å². The van der Waals surface area contributed by atoms with Gasteiger partial charge in [-0.05, 0) is 13.3 Å². The summed E-state index contributed by atoms with van der Waals surface area (Å²) in [5.74, 6) is 2.72. The maximum Gasteiger partial charge on any atom is 0.240 e. The molecule has 0 aromatic carbocycles. The van der Waals surface area contributed by atoms with Gasteiger partial charge in [0.1, 0.15) is 0 Å². The molecule has 1 aliphatic rings. The molecule has 0 saturated carbocycles. The normalized spacial score (nSPS) is 18.4. The van der Waals surface area contributed by atoms with Crippen LogP contribution in [0.5, 0.6) is 0 Å². The highest BCUT2D eigenvalue weighted by Crippen LogP contribution is 2.06. The van der Waals surface area contributed by atoms with Gasteiger partial charge < -0.3 is 10.2 Å². The molecule has 4 nitrogen and oxygen atoms in total. The van der Waals surface area contributed by atoms with E-state index in [0.717, 1.165) is 39.1 Å². The van der Waals surface area contributed by atoms with Crippen molar-refractivity contribution in [2.24, 2.45) is 0 Å². The second kappa shape index (κ2) is 7.31. The predicted octanol–water partition coefficient (Wildman–Crippen LogP) is 0.152. The fourth-order valence-electron chi connectivity index (χ4n) is 2.14. The van der Waals surface area contributed by atoms with Crippen LogP contribution in [0.25, 0.3) is 0 Å². The molecule has 0 aromatic rings. The number of carbonyl (C=O) groups excluding carboxylic acids is 1. The summed E-state index contributed by atoms with van der Waals surface area (Å²) in [4.78, 5) is 16.3. The molecule has 17 heavy (non-hydrogen) atoms. The van der Waals surface area contributed by atoms with E-state index in [9.17, 15) is 4.79 Å². The first-order chi connectivity index (χ1) is 8.20. The van der Waals surface area contributed by atoms with Crippen molar-refractivity contribution in [3.8, 4) is 12.3 Å². The zero-order valence-electron chi connectivity index (χ0n) is 10.9. The third-order valence-corrected chi connectivity index (χ3v) is 3.14. The second-order valence-corrected chi connectivity index (χ2v) is 4.43. The number of amides is 1. The molecule has 1 atom stereocenters. The second-order valence-electron chi connectivity index (χ2n) is 4.43. The Bertz CT molecular complexity index is 279. The minimum Gasteiger partial charge on any atom is -0.330 e. The molecule has 96 valence electrons. The maximum absolute atomic E-state index is 12.3. The number of piperazine rings is 1. The Morgan fingerprint density at radius 2 is 2.18 bits per heavy atom. The summed E-state index contributed by atoms with van der Waals surface area (Å²) in [6.07, 6.45) is 6.25. The molecule has 1 saturated heterocycles. The third kappa shape index (κ3) is 4.03. The van der Waals surface area contributed by atoms with Gasteiger partial charge in [-0.25, -0.2) is 0 Å². The molecule has 1 amide bonds. The molecule has 1 rings (SSSR count). The predicted molar refractivity (Wildman–Crippen MR) is 69.6 cm³/mol. The number of nitrogens with zero attached hydrogens (tertiary/aromatic N) is 2. The lowest BCUT2D eigenvalue weighted by atomic mass is 10.2. The van der Waals surface area contributed by atoms with Crippen molar-refractivity contribution >= 4 is 5.91 Å². The van der Waals surface area contributed by atoms with Gasteiger partial charge >= 0.3 is 0 Å². The van der Waals surface area contributed by atoms with Crippen LogP contribution in [0.3, 0.4) is 0 Å². The molecule has 0 bridgehead atoms. The van der Waals surface area contributed by atoms with E-state index in [-0.39, 0.29) is 11.9 Å². The van der Waals surface area contributed by atoms with E-state index in [1.54, 1.807) is 4.90 Å². The van der Waals surface area contributed by atoms with Crippen molar-refractivity contribution in [2.45, 2.75) is 26.3 Å². The molecular weight excluding hydrogens is 214 g/mol. The first kappa shape index (κ1) is 14.0. The van der Waals surface area contributed by atoms with Crippen LogP contribution in [-0.4, -0.2) is 61.0 Å². The fourth-order valence-corrected chi connectivity index (χ4v) is 2.14. The Morgan fingerprint density at radius 3 is 2.71 bits per heavy atom. The lowest BCUT2D eigenvalue weighted by molar-refractivity contribution is -0.136. The molecule has 0 aromatic heterocycles. The van der Waals surface area contributed by atoms with Gasteiger partial charge in [-0.3, -0.25) is 9.69 Å². The van der Waals surface area contributed by atoms with E-state index in [2.05, 4.69) is 23.1 Å². The third-order valence-electron chi connectivity index (χ3n) is 3.14. The molecule has 0 spiro atoms. The molecule has 1 fully saturated rings. The van der Waals surface area contributed by atoms with Gasteiger partial charge in [0.05, 0.1) is 12.6 Å². The average Bonchev–Trinajstić information content (AvgIpc) is 2.38. The van der Waals surface area contributed by atoms with Crippen LogP contribution >= 0.6 is 0 Å². The molecular formula is C13H23N3O. The number of rotatable bonds is 5. The highest BCUT2D eigenvalue weighted by molar-refractivity contribution is 5.81. The number of carbonyl (C=O) groups is 1. The van der Waals surface area contributed by atoms with E-state index in [1.165, 1.54) is 0 Å². The van der Waals surface area contributed by atoms with Crippen molar-refractivity contribution in [1.29, 1.82) is 0 Å². The van der Waals surface area contributed by atoms with E-state index >= 15 is 0 Å². The Labute approximate surface area is 104 Å². The average molecular weight is 237 g/mol. The molecule has 1 aliphatic heterocycles. The Kier molecular flexibility index (Phi) is 6.03. The first-order valence-corrected chi connectivity index (χ1v) is 6.37. The smallest absolute Gasteiger partial charge is 0.240 e. The van der Waals surface area contributed by atoms with Gasteiger partial charge in [-0.1, -0.05) is 12.8 Å². The number of terminal acetylenes is 1. The van der Waals surface area contributed by atoms with Gasteiger partial charge in [-0.2, -0.15) is 0 Å². The van der Waals surface area contributed by atoms with Crippen molar-refractivity contribution in [2.75, 3.05) is 39.3 Å². The summed E-state index contributed by atoms with van der Waals surface area (Å²) in [6, 6.07) is -0.0583. The number of nitrogens with one attached hydrogen (secondary N) is 1. The number of hydrogen-bond donors (Lipinski definition) is 1. The zero-order valence-corrected chi connectivity index (χ0v) is 10.9. The monoisotopic (exact) mass is 237 g/mol. The van der Waals surface area contributed by atoms with Crippen LogP contribution in [0.15, 0.2) is 0 Å². The fraction of sp³-hybridized carbons (Fsp3) is 0.769. The summed E-state index contributed by atoms with van der Waals surface area (Å²) >= 11 is 0. The molecule has 1 N–H and O–H groups in total. The van der Waals surface area contributed by atoms with Gasteiger partial charge in [-0.15, -0.1) is 6.42 Å². The largest absolute Gasteiger partial charge is 0.330 e. The summed E-state index contributed by atoms with van der Waals surface area (Å²) in [5, 5.41) is 3.29. The van der Waals surface area contributed by atoms with Gasteiger partial charge in [0.2, 0.25) is 5.91 Å². The minimum atomic E-state index is -0.0583. The number of hydrogen-bond acceptors (Lipinski definition) is 3. The summed E-state index contributed by atoms with van der Waals surface area (Å²) in [6.45, 7) is 8.99. The zero-order chi connectivity index (χ0) is 12.7. The molecule has 1 heterocycles. The summed E-state index contributed by atoms with van der Waals surface area (Å²) in [7, 11) is 0. The van der Waals surface area contributed by atoms with E-state index < -0.39 is 0 Å². The molecule has 4 heteroatoms. The van der Waals surface area contributed by atoms with E-state index in [4.69, 9.17) is 6.42 Å². The summed E-state index contributed by atoms with van der Waals surface area (Å²) < 4.78 is 0. The standard InChI is InChI=1S/C13H23N3O/c1-4-8-16(9-5-2)13(17)12(3)15-10-6-14-7-11-15/h1,12,14H,5-11H2,2-3H3. The minimum absolute atomic E-state index is 0.0583. The molecule has 0 radical (unpaired) electrons. The maximum atomic E-state index is 12.3. The van der Waals surface area contributed by atoms with Gasteiger partial charge in [0.25, 0.3) is 0 Å². The molecule has 0 aliphatic carbocycles. The SMILES string of the molecule is C#CCN(CCC)C(=O)C(C)N1CCNCC1. The lowest BCUT2D eigenvalue weighted by Gasteiger charge is -2.34. The van der Waals surface area contributed by atoms with Crippen molar-refractivity contribution in [3.63, 3.8) is 0 Å². The van der Waals surface area contributed by atoms with Gasteiger partial charge in [0.15, 0.2) is 0 Å². The topological polar surface area (TPSA) is 35.6 Å². The van der Waals surface area contributed by atoms with Crippen LogP contribution in [0, 0.1) is 12.3 Å². The first-order valence-electron chi connectivity index (χ1n) is 6.37. The summed E-state index contributed by atoms with van der Waals surface area (Å²) in [5.41, 5.74) is 0. The van der Waals surface area contributed by atoms with Crippen molar-refractivity contribution in [3.05, 3.63) is 0 Å². The van der Waals surface area contributed by atoms with Crippen molar-refractivity contribution < 1.29 is 4.79 Å². The van der Waals surface area contributed by atoms with Crippen LogP contribution in [0.4, 0.5) is 0 Å². The highest BCUT2D eigenvalue weighted by Gasteiger charge is 2.25. The van der Waals surface area contributed by atoms with E-state index in [1.807, 2.05) is 6.92 Å². The van der Waals surface area contributed by atoms with Crippen LogP contribution in [0.2, 0.25) is 0 Å². The Balaban J connectivity index is 2.55.